The summed E-state index contributed by atoms with van der Waals surface area (Å²) in [5.74, 6) is 0.117. The van der Waals surface area contributed by atoms with E-state index < -0.39 is 0 Å². The quantitative estimate of drug-likeness (QED) is 0.504. The van der Waals surface area contributed by atoms with Crippen molar-refractivity contribution in [1.82, 2.24) is 4.98 Å². The number of nitrogen functional groups attached to an aromatic ring is 1. The molecule has 3 rings (SSSR count). The second-order valence-corrected chi connectivity index (χ2v) is 4.18. The van der Waals surface area contributed by atoms with E-state index >= 15 is 0 Å². The zero-order valence-corrected chi connectivity index (χ0v) is 9.67. The lowest BCUT2D eigenvalue weighted by atomic mass is 10.0. The molecule has 3 nitrogen and oxygen atoms in total. The Morgan fingerprint density at radius 3 is 2.61 bits per heavy atom. The molecule has 0 spiro atoms. The third-order valence-corrected chi connectivity index (χ3v) is 3.04. The van der Waals surface area contributed by atoms with Crippen molar-refractivity contribution in [2.45, 2.75) is 0 Å². The van der Waals surface area contributed by atoms with Crippen molar-refractivity contribution in [2.24, 2.45) is 0 Å². The van der Waals surface area contributed by atoms with Crippen LogP contribution in [-0.2, 0) is 0 Å². The zero-order chi connectivity index (χ0) is 12.5. The maximum atomic E-state index is 9.64. The first kappa shape index (κ1) is 10.6. The number of nitrogens with two attached hydrogens (primary N) is 1. The Morgan fingerprint density at radius 2 is 1.83 bits per heavy atom. The number of aromatic nitrogens is 1. The molecular weight excluding hydrogens is 224 g/mol. The fourth-order valence-electron chi connectivity index (χ4n) is 2.04. The molecule has 0 unspecified atom stereocenters. The number of aromatic hydroxyl groups is 1. The zero-order valence-electron chi connectivity index (χ0n) is 9.67. The smallest absolute Gasteiger partial charge is 0.139 e. The number of rotatable bonds is 1. The van der Waals surface area contributed by atoms with Crippen LogP contribution in [0, 0.1) is 0 Å². The number of phenols is 1. The van der Waals surface area contributed by atoms with Crippen LogP contribution in [0.4, 0.5) is 5.69 Å². The summed E-state index contributed by atoms with van der Waals surface area (Å²) in [6.45, 7) is 0. The summed E-state index contributed by atoms with van der Waals surface area (Å²) in [5, 5.41) is 11.5. The molecule has 0 saturated carbocycles. The Kier molecular flexibility index (Phi) is 2.38. The summed E-state index contributed by atoms with van der Waals surface area (Å²) >= 11 is 0. The molecule has 88 valence electrons. The lowest BCUT2D eigenvalue weighted by Gasteiger charge is -2.07. The van der Waals surface area contributed by atoms with Gasteiger partial charge in [0.15, 0.2) is 0 Å². The first-order valence-corrected chi connectivity index (χ1v) is 5.67. The summed E-state index contributed by atoms with van der Waals surface area (Å²) in [6.07, 6.45) is 3.55. The number of hydrogen-bond acceptors (Lipinski definition) is 3. The van der Waals surface area contributed by atoms with Crippen molar-refractivity contribution in [3.8, 4) is 16.9 Å². The van der Waals surface area contributed by atoms with Crippen LogP contribution in [0.2, 0.25) is 0 Å². The van der Waals surface area contributed by atoms with Crippen LogP contribution in [0.25, 0.3) is 21.9 Å². The van der Waals surface area contributed by atoms with Crippen molar-refractivity contribution in [3.05, 3.63) is 54.9 Å². The largest absolute Gasteiger partial charge is 0.506 e. The minimum atomic E-state index is 0.117. The first-order valence-electron chi connectivity index (χ1n) is 5.67. The monoisotopic (exact) mass is 236 g/mol. The SMILES string of the molecule is Nc1c(O)ccc2ccc(-c3cccnc3)cc12. The minimum Gasteiger partial charge on any atom is -0.506 e. The topological polar surface area (TPSA) is 59.1 Å². The molecule has 0 radical (unpaired) electrons. The molecule has 0 aliphatic heterocycles. The molecule has 0 fully saturated rings. The van der Waals surface area contributed by atoms with Gasteiger partial charge in [0.25, 0.3) is 0 Å². The van der Waals surface area contributed by atoms with Gasteiger partial charge in [-0.1, -0.05) is 24.3 Å². The van der Waals surface area contributed by atoms with Crippen LogP contribution >= 0.6 is 0 Å². The molecular formula is C15H12N2O. The Bertz CT molecular complexity index is 708. The summed E-state index contributed by atoms with van der Waals surface area (Å²) in [5.41, 5.74) is 8.38. The normalized spacial score (nSPS) is 10.7. The van der Waals surface area contributed by atoms with Crippen molar-refractivity contribution in [3.63, 3.8) is 0 Å². The van der Waals surface area contributed by atoms with E-state index in [1.807, 2.05) is 36.4 Å². The van der Waals surface area contributed by atoms with E-state index in [0.717, 1.165) is 21.9 Å². The van der Waals surface area contributed by atoms with Crippen molar-refractivity contribution in [1.29, 1.82) is 0 Å². The van der Waals surface area contributed by atoms with Gasteiger partial charge in [-0.05, 0) is 29.1 Å². The number of nitrogens with zero attached hydrogens (tertiary/aromatic N) is 1. The van der Waals surface area contributed by atoms with Crippen LogP contribution in [0.5, 0.6) is 5.75 Å². The van der Waals surface area contributed by atoms with E-state index in [0.29, 0.717) is 5.69 Å². The standard InChI is InChI=1S/C15H12N2O/c16-15-13-8-11(12-2-1-7-17-9-12)4-3-10(13)5-6-14(15)18/h1-9,18H,16H2. The van der Waals surface area contributed by atoms with Gasteiger partial charge in [-0.15, -0.1) is 0 Å². The molecule has 0 saturated heterocycles. The van der Waals surface area contributed by atoms with E-state index in [4.69, 9.17) is 5.73 Å². The first-order chi connectivity index (χ1) is 8.75. The number of benzene rings is 2. The summed E-state index contributed by atoms with van der Waals surface area (Å²) in [4.78, 5) is 4.10. The highest BCUT2D eigenvalue weighted by Gasteiger charge is 2.05. The molecule has 3 aromatic rings. The predicted molar refractivity (Wildman–Crippen MR) is 73.3 cm³/mol. The molecule has 1 aromatic heterocycles. The molecule has 18 heavy (non-hydrogen) atoms. The fraction of sp³-hybridized carbons (Fsp3) is 0. The van der Waals surface area contributed by atoms with Crippen molar-refractivity contribution in [2.75, 3.05) is 5.73 Å². The highest BCUT2D eigenvalue weighted by atomic mass is 16.3. The Hall–Kier alpha value is -2.55. The molecule has 3 N–H and O–H groups in total. The third kappa shape index (κ3) is 1.66. The fourth-order valence-corrected chi connectivity index (χ4v) is 2.04. The van der Waals surface area contributed by atoms with Gasteiger partial charge < -0.3 is 10.8 Å². The molecule has 1 heterocycles. The van der Waals surface area contributed by atoms with E-state index in [1.165, 1.54) is 0 Å². The van der Waals surface area contributed by atoms with Crippen LogP contribution in [0.15, 0.2) is 54.9 Å². The molecule has 0 atom stereocenters. The van der Waals surface area contributed by atoms with Gasteiger partial charge in [0.2, 0.25) is 0 Å². The van der Waals surface area contributed by atoms with E-state index in [2.05, 4.69) is 4.98 Å². The maximum absolute atomic E-state index is 9.64. The molecule has 0 aliphatic rings. The number of hydrogen-bond donors (Lipinski definition) is 2. The summed E-state index contributed by atoms with van der Waals surface area (Å²) < 4.78 is 0. The maximum Gasteiger partial charge on any atom is 0.139 e. The minimum absolute atomic E-state index is 0.117. The van der Waals surface area contributed by atoms with Crippen LogP contribution in [-0.4, -0.2) is 10.1 Å². The van der Waals surface area contributed by atoms with E-state index in [9.17, 15) is 5.11 Å². The Balaban J connectivity index is 2.25. The van der Waals surface area contributed by atoms with Crippen LogP contribution in [0.3, 0.4) is 0 Å². The van der Waals surface area contributed by atoms with Gasteiger partial charge in [-0.2, -0.15) is 0 Å². The lowest BCUT2D eigenvalue weighted by molar-refractivity contribution is 0.478. The average Bonchev–Trinajstić information content (AvgIpc) is 2.44. The molecule has 0 amide bonds. The van der Waals surface area contributed by atoms with Crippen LogP contribution < -0.4 is 5.73 Å². The van der Waals surface area contributed by atoms with Gasteiger partial charge in [0, 0.05) is 23.3 Å². The van der Waals surface area contributed by atoms with Gasteiger partial charge in [-0.25, -0.2) is 0 Å². The summed E-state index contributed by atoms with van der Waals surface area (Å²) in [7, 11) is 0. The number of pyridine rings is 1. The van der Waals surface area contributed by atoms with Crippen molar-refractivity contribution < 1.29 is 5.11 Å². The van der Waals surface area contributed by atoms with Gasteiger partial charge in [-0.3, -0.25) is 4.98 Å². The number of anilines is 1. The van der Waals surface area contributed by atoms with Gasteiger partial charge in [0.1, 0.15) is 5.75 Å². The van der Waals surface area contributed by atoms with E-state index in [-0.39, 0.29) is 5.75 Å². The Labute approximate surface area is 105 Å². The van der Waals surface area contributed by atoms with E-state index in [1.54, 1.807) is 18.5 Å². The molecule has 0 aliphatic carbocycles. The molecule has 0 bridgehead atoms. The number of fused-ring (bicyclic) bond motifs is 1. The van der Waals surface area contributed by atoms with Crippen molar-refractivity contribution >= 4 is 16.5 Å². The highest BCUT2D eigenvalue weighted by molar-refractivity contribution is 5.98. The predicted octanol–water partition coefficient (Wildman–Crippen LogP) is 3.19. The average molecular weight is 236 g/mol. The highest BCUT2D eigenvalue weighted by Crippen LogP contribution is 2.32. The van der Waals surface area contributed by atoms with Gasteiger partial charge in [0.05, 0.1) is 5.69 Å². The van der Waals surface area contributed by atoms with Gasteiger partial charge >= 0.3 is 0 Å². The lowest BCUT2D eigenvalue weighted by Crippen LogP contribution is -1.88. The summed E-state index contributed by atoms with van der Waals surface area (Å²) in [6, 6.07) is 13.3. The molecule has 3 heteroatoms. The molecule has 2 aromatic carbocycles. The second kappa shape index (κ2) is 4.04. The van der Waals surface area contributed by atoms with Crippen LogP contribution in [0.1, 0.15) is 0 Å². The second-order valence-electron chi connectivity index (χ2n) is 4.18. The Morgan fingerprint density at radius 1 is 1.00 bits per heavy atom. The number of phenolic OH excluding ortho intramolecular Hbond substituents is 1. The third-order valence-electron chi connectivity index (χ3n) is 3.04.